The number of piperazine rings is 1. The summed E-state index contributed by atoms with van der Waals surface area (Å²) >= 11 is 5.89. The van der Waals surface area contributed by atoms with Gasteiger partial charge in [-0.15, -0.1) is 0 Å². The van der Waals surface area contributed by atoms with Gasteiger partial charge < -0.3 is 15.1 Å². The molecule has 2 amide bonds. The largest absolute Gasteiger partial charge is 0.353 e. The molecule has 1 aromatic carbocycles. The Labute approximate surface area is 165 Å². The van der Waals surface area contributed by atoms with E-state index in [1.165, 1.54) is 0 Å². The fraction of sp³-hybridized carbons (Fsp3) is 0.450. The number of rotatable bonds is 4. The lowest BCUT2D eigenvalue weighted by Crippen LogP contribution is -2.52. The zero-order chi connectivity index (χ0) is 19.4. The van der Waals surface area contributed by atoms with Gasteiger partial charge in [0, 0.05) is 55.4 Å². The van der Waals surface area contributed by atoms with Crippen LogP contribution >= 0.6 is 11.6 Å². The van der Waals surface area contributed by atoms with E-state index >= 15 is 0 Å². The molecule has 1 aliphatic heterocycles. The molecule has 0 saturated carbocycles. The first-order chi connectivity index (χ1) is 12.9. The molecular formula is C20H26ClN5O. The number of hydrogen-bond acceptors (Lipinski definition) is 4. The van der Waals surface area contributed by atoms with Crippen LogP contribution in [0.4, 0.5) is 10.6 Å². The highest BCUT2D eigenvalue weighted by molar-refractivity contribution is 6.30. The summed E-state index contributed by atoms with van der Waals surface area (Å²) in [4.78, 5) is 25.7. The molecule has 2 aromatic rings. The maximum absolute atomic E-state index is 12.4. The maximum atomic E-state index is 12.4. The number of urea groups is 1. The van der Waals surface area contributed by atoms with Crippen molar-refractivity contribution in [2.24, 2.45) is 0 Å². The van der Waals surface area contributed by atoms with Crippen molar-refractivity contribution in [3.63, 3.8) is 0 Å². The van der Waals surface area contributed by atoms with Gasteiger partial charge in [-0.2, -0.15) is 0 Å². The van der Waals surface area contributed by atoms with Crippen LogP contribution < -0.4 is 10.2 Å². The standard InChI is InChI=1S/C20H26ClN5O/c1-14(2)19-23-15(3)12-18(24-19)25-8-10-26(11-9-25)20(27)22-13-16-4-6-17(21)7-5-16/h4-7,12,14H,8-11,13H2,1-3H3,(H,22,27). The van der Waals surface area contributed by atoms with E-state index in [0.29, 0.717) is 30.6 Å². The fourth-order valence-electron chi connectivity index (χ4n) is 3.03. The normalized spacial score (nSPS) is 14.6. The number of amides is 2. The molecule has 1 aliphatic rings. The number of aromatic nitrogens is 2. The average molecular weight is 388 g/mol. The molecule has 0 radical (unpaired) electrons. The van der Waals surface area contributed by atoms with Crippen molar-refractivity contribution >= 4 is 23.4 Å². The molecule has 6 nitrogen and oxygen atoms in total. The van der Waals surface area contributed by atoms with E-state index in [4.69, 9.17) is 16.6 Å². The smallest absolute Gasteiger partial charge is 0.317 e. The SMILES string of the molecule is Cc1cc(N2CCN(C(=O)NCc3ccc(Cl)cc3)CC2)nc(C(C)C)n1. The lowest BCUT2D eigenvalue weighted by atomic mass is 10.2. The minimum absolute atomic E-state index is 0.0358. The zero-order valence-corrected chi connectivity index (χ0v) is 16.8. The van der Waals surface area contributed by atoms with Crippen LogP contribution in [0.3, 0.4) is 0 Å². The summed E-state index contributed by atoms with van der Waals surface area (Å²) in [6, 6.07) is 9.48. The van der Waals surface area contributed by atoms with Crippen LogP contribution in [0.2, 0.25) is 5.02 Å². The average Bonchev–Trinajstić information content (AvgIpc) is 2.67. The molecule has 144 valence electrons. The van der Waals surface area contributed by atoms with Gasteiger partial charge in [0.2, 0.25) is 0 Å². The molecular weight excluding hydrogens is 362 g/mol. The number of benzene rings is 1. The number of hydrogen-bond donors (Lipinski definition) is 1. The van der Waals surface area contributed by atoms with Gasteiger partial charge in [0.05, 0.1) is 0 Å². The third-order valence-electron chi connectivity index (χ3n) is 4.62. The summed E-state index contributed by atoms with van der Waals surface area (Å²) in [5.74, 6) is 2.11. The number of carbonyl (C=O) groups excluding carboxylic acids is 1. The number of anilines is 1. The van der Waals surface area contributed by atoms with Crippen molar-refractivity contribution in [1.82, 2.24) is 20.2 Å². The van der Waals surface area contributed by atoms with Gasteiger partial charge in [-0.05, 0) is 24.6 Å². The highest BCUT2D eigenvalue weighted by Crippen LogP contribution is 2.18. The molecule has 0 bridgehead atoms. The number of nitrogens with one attached hydrogen (secondary N) is 1. The second kappa shape index (κ2) is 8.57. The van der Waals surface area contributed by atoms with Gasteiger partial charge in [0.1, 0.15) is 11.6 Å². The molecule has 0 unspecified atom stereocenters. The van der Waals surface area contributed by atoms with Gasteiger partial charge in [0.15, 0.2) is 0 Å². The number of halogens is 1. The third kappa shape index (κ3) is 5.10. The van der Waals surface area contributed by atoms with Crippen LogP contribution in [-0.2, 0) is 6.54 Å². The Morgan fingerprint density at radius 3 is 2.44 bits per heavy atom. The minimum Gasteiger partial charge on any atom is -0.353 e. The Morgan fingerprint density at radius 1 is 1.15 bits per heavy atom. The number of aryl methyl sites for hydroxylation is 1. The monoisotopic (exact) mass is 387 g/mol. The first kappa shape index (κ1) is 19.4. The highest BCUT2D eigenvalue weighted by atomic mass is 35.5. The summed E-state index contributed by atoms with van der Waals surface area (Å²) in [7, 11) is 0. The maximum Gasteiger partial charge on any atom is 0.317 e. The van der Waals surface area contributed by atoms with Gasteiger partial charge in [-0.1, -0.05) is 37.6 Å². The Hall–Kier alpha value is -2.34. The molecule has 27 heavy (non-hydrogen) atoms. The molecule has 1 fully saturated rings. The summed E-state index contributed by atoms with van der Waals surface area (Å²) in [6.45, 7) is 9.57. The van der Waals surface area contributed by atoms with E-state index in [2.05, 4.69) is 29.0 Å². The van der Waals surface area contributed by atoms with E-state index in [0.717, 1.165) is 36.0 Å². The molecule has 0 atom stereocenters. The Bertz CT molecular complexity index is 785. The molecule has 0 spiro atoms. The van der Waals surface area contributed by atoms with E-state index < -0.39 is 0 Å². The minimum atomic E-state index is -0.0358. The van der Waals surface area contributed by atoms with E-state index in [9.17, 15) is 4.79 Å². The Kier molecular flexibility index (Phi) is 6.16. The van der Waals surface area contributed by atoms with Crippen molar-refractivity contribution < 1.29 is 4.79 Å². The molecule has 1 saturated heterocycles. The lowest BCUT2D eigenvalue weighted by Gasteiger charge is -2.35. The molecule has 1 aromatic heterocycles. The second-order valence-corrected chi connectivity index (χ2v) is 7.58. The van der Waals surface area contributed by atoms with E-state index in [1.54, 1.807) is 0 Å². The molecule has 7 heteroatoms. The first-order valence-electron chi connectivity index (χ1n) is 9.30. The first-order valence-corrected chi connectivity index (χ1v) is 9.68. The van der Waals surface area contributed by atoms with Crippen LogP contribution in [0, 0.1) is 6.92 Å². The van der Waals surface area contributed by atoms with Crippen molar-refractivity contribution in [3.8, 4) is 0 Å². The third-order valence-corrected chi connectivity index (χ3v) is 4.87. The van der Waals surface area contributed by atoms with Crippen LogP contribution in [-0.4, -0.2) is 47.1 Å². The van der Waals surface area contributed by atoms with Crippen molar-refractivity contribution in [2.75, 3.05) is 31.1 Å². The predicted molar refractivity (Wildman–Crippen MR) is 108 cm³/mol. The van der Waals surface area contributed by atoms with Gasteiger partial charge in [0.25, 0.3) is 0 Å². The molecule has 2 heterocycles. The number of carbonyl (C=O) groups is 1. The van der Waals surface area contributed by atoms with E-state index in [-0.39, 0.29) is 6.03 Å². The summed E-state index contributed by atoms with van der Waals surface area (Å²) < 4.78 is 0. The van der Waals surface area contributed by atoms with Gasteiger partial charge in [-0.25, -0.2) is 14.8 Å². The van der Waals surface area contributed by atoms with Crippen LogP contribution in [0.5, 0.6) is 0 Å². The zero-order valence-electron chi connectivity index (χ0n) is 16.1. The topological polar surface area (TPSA) is 61.4 Å². The van der Waals surface area contributed by atoms with Crippen molar-refractivity contribution in [3.05, 3.63) is 52.4 Å². The van der Waals surface area contributed by atoms with Gasteiger partial charge in [-0.3, -0.25) is 0 Å². The summed E-state index contributed by atoms with van der Waals surface area (Å²) in [6.07, 6.45) is 0. The van der Waals surface area contributed by atoms with E-state index in [1.807, 2.05) is 42.2 Å². The molecule has 1 N–H and O–H groups in total. The Morgan fingerprint density at radius 2 is 1.81 bits per heavy atom. The highest BCUT2D eigenvalue weighted by Gasteiger charge is 2.22. The lowest BCUT2D eigenvalue weighted by molar-refractivity contribution is 0.194. The quantitative estimate of drug-likeness (QED) is 0.870. The fourth-order valence-corrected chi connectivity index (χ4v) is 3.15. The Balaban J connectivity index is 1.54. The molecule has 0 aliphatic carbocycles. The van der Waals surface area contributed by atoms with Crippen LogP contribution in [0.1, 0.15) is 36.8 Å². The number of nitrogens with zero attached hydrogens (tertiary/aromatic N) is 4. The second-order valence-electron chi connectivity index (χ2n) is 7.14. The van der Waals surface area contributed by atoms with Gasteiger partial charge >= 0.3 is 6.03 Å². The molecule has 3 rings (SSSR count). The van der Waals surface area contributed by atoms with Crippen LogP contribution in [0.25, 0.3) is 0 Å². The van der Waals surface area contributed by atoms with Crippen molar-refractivity contribution in [1.29, 1.82) is 0 Å². The predicted octanol–water partition coefficient (Wildman–Crippen LogP) is 3.59. The van der Waals surface area contributed by atoms with Crippen LogP contribution in [0.15, 0.2) is 30.3 Å². The summed E-state index contributed by atoms with van der Waals surface area (Å²) in [5, 5.41) is 3.67. The van der Waals surface area contributed by atoms with Crippen molar-refractivity contribution in [2.45, 2.75) is 33.2 Å². The summed E-state index contributed by atoms with van der Waals surface area (Å²) in [5.41, 5.74) is 2.01.